The third kappa shape index (κ3) is 3.26. The van der Waals surface area contributed by atoms with Crippen LogP contribution in [-0.2, 0) is 9.59 Å². The zero-order valence-electron chi connectivity index (χ0n) is 12.4. The maximum Gasteiger partial charge on any atom is 0.308 e. The third-order valence-electron chi connectivity index (χ3n) is 4.30. The van der Waals surface area contributed by atoms with Gasteiger partial charge in [0.1, 0.15) is 0 Å². The minimum absolute atomic E-state index is 0.100. The number of nitrogens with one attached hydrogen (secondary N) is 1. The Balaban J connectivity index is 2.85. The van der Waals surface area contributed by atoms with Crippen LogP contribution in [0.1, 0.15) is 34.1 Å². The molecule has 110 valence electrons. The van der Waals surface area contributed by atoms with Gasteiger partial charge in [-0.05, 0) is 25.8 Å². The Kier molecular flexibility index (Phi) is 5.35. The first kappa shape index (κ1) is 16.0. The van der Waals surface area contributed by atoms with Crippen LogP contribution in [0.25, 0.3) is 0 Å². The number of carbonyl (C=O) groups is 2. The summed E-state index contributed by atoms with van der Waals surface area (Å²) in [5.74, 6) is -1.02. The molecular formula is C14H26N2O3. The van der Waals surface area contributed by atoms with Gasteiger partial charge in [0.25, 0.3) is 0 Å². The minimum atomic E-state index is -0.852. The molecule has 0 radical (unpaired) electrons. The van der Waals surface area contributed by atoms with Crippen molar-refractivity contribution in [3.63, 3.8) is 0 Å². The van der Waals surface area contributed by atoms with E-state index in [-0.39, 0.29) is 17.2 Å². The van der Waals surface area contributed by atoms with Crippen molar-refractivity contribution in [3.05, 3.63) is 0 Å². The maximum absolute atomic E-state index is 12.8. The van der Waals surface area contributed by atoms with E-state index in [1.807, 2.05) is 6.92 Å². The number of nitrogens with zero attached hydrogens (tertiary/aromatic N) is 1. The van der Waals surface area contributed by atoms with Crippen LogP contribution in [0.2, 0.25) is 0 Å². The van der Waals surface area contributed by atoms with Gasteiger partial charge in [0.15, 0.2) is 0 Å². The van der Waals surface area contributed by atoms with E-state index >= 15 is 0 Å². The lowest BCUT2D eigenvalue weighted by atomic mass is 9.75. The number of carbonyl (C=O) groups excluding carboxylic acids is 1. The first-order valence-electron chi connectivity index (χ1n) is 7.08. The Morgan fingerprint density at radius 2 is 2.00 bits per heavy atom. The Labute approximate surface area is 115 Å². The van der Waals surface area contributed by atoms with Gasteiger partial charge < -0.3 is 15.3 Å². The van der Waals surface area contributed by atoms with Crippen molar-refractivity contribution in [2.24, 2.45) is 17.3 Å². The van der Waals surface area contributed by atoms with Crippen molar-refractivity contribution in [1.29, 1.82) is 0 Å². The molecule has 1 rings (SSSR count). The molecule has 2 atom stereocenters. The molecule has 1 amide bonds. The van der Waals surface area contributed by atoms with Crippen LogP contribution in [-0.4, -0.2) is 48.1 Å². The monoisotopic (exact) mass is 270 g/mol. The van der Waals surface area contributed by atoms with Gasteiger partial charge in [0.05, 0.1) is 11.3 Å². The second-order valence-corrected chi connectivity index (χ2v) is 5.82. The van der Waals surface area contributed by atoms with E-state index in [4.69, 9.17) is 5.11 Å². The second kappa shape index (κ2) is 6.37. The molecule has 2 unspecified atom stereocenters. The molecule has 0 aromatic rings. The van der Waals surface area contributed by atoms with Crippen molar-refractivity contribution in [3.8, 4) is 0 Å². The van der Waals surface area contributed by atoms with Gasteiger partial charge in [-0.25, -0.2) is 0 Å². The standard InChI is InChI=1S/C14H26N2O3/c1-5-16(8-11(4)12(17)18)13(19)14(10(2)3)6-7-15-9-14/h10-11,15H,5-9H2,1-4H3,(H,17,18). The van der Waals surface area contributed by atoms with Crippen LogP contribution in [0.4, 0.5) is 0 Å². The molecule has 1 aliphatic heterocycles. The minimum Gasteiger partial charge on any atom is -0.481 e. The van der Waals surface area contributed by atoms with Gasteiger partial charge in [0, 0.05) is 19.6 Å². The molecule has 0 spiro atoms. The number of rotatable bonds is 6. The molecule has 0 aliphatic carbocycles. The van der Waals surface area contributed by atoms with Gasteiger partial charge in [-0.2, -0.15) is 0 Å². The topological polar surface area (TPSA) is 69.6 Å². The maximum atomic E-state index is 12.8. The fourth-order valence-corrected chi connectivity index (χ4v) is 2.71. The van der Waals surface area contributed by atoms with Crippen LogP contribution >= 0.6 is 0 Å². The highest BCUT2D eigenvalue weighted by molar-refractivity contribution is 5.84. The number of carboxylic acid groups (broad SMARTS) is 1. The summed E-state index contributed by atoms with van der Waals surface area (Å²) in [6, 6.07) is 0. The Bertz CT molecular complexity index is 336. The molecule has 1 heterocycles. The number of aliphatic carboxylic acids is 1. The van der Waals surface area contributed by atoms with Crippen molar-refractivity contribution in [2.45, 2.75) is 34.1 Å². The fourth-order valence-electron chi connectivity index (χ4n) is 2.71. The van der Waals surface area contributed by atoms with E-state index < -0.39 is 11.9 Å². The van der Waals surface area contributed by atoms with Gasteiger partial charge in [-0.3, -0.25) is 9.59 Å². The van der Waals surface area contributed by atoms with E-state index in [1.165, 1.54) is 0 Å². The first-order chi connectivity index (χ1) is 8.85. The zero-order valence-corrected chi connectivity index (χ0v) is 12.4. The molecule has 0 bridgehead atoms. The highest BCUT2D eigenvalue weighted by Crippen LogP contribution is 2.36. The zero-order chi connectivity index (χ0) is 14.6. The molecule has 2 N–H and O–H groups in total. The van der Waals surface area contributed by atoms with Crippen molar-refractivity contribution < 1.29 is 14.7 Å². The van der Waals surface area contributed by atoms with Gasteiger partial charge in [-0.1, -0.05) is 20.8 Å². The van der Waals surface area contributed by atoms with Crippen LogP contribution in [0.15, 0.2) is 0 Å². The predicted molar refractivity (Wildman–Crippen MR) is 73.8 cm³/mol. The lowest BCUT2D eigenvalue weighted by Crippen LogP contribution is -2.49. The molecule has 5 heteroatoms. The summed E-state index contributed by atoms with van der Waals surface area (Å²) in [4.78, 5) is 25.4. The molecule has 19 heavy (non-hydrogen) atoms. The molecule has 0 aromatic heterocycles. The predicted octanol–water partition coefficient (Wildman–Crippen LogP) is 1.19. The van der Waals surface area contributed by atoms with Crippen LogP contribution in [0.5, 0.6) is 0 Å². The number of hydrogen-bond donors (Lipinski definition) is 2. The number of amides is 1. The van der Waals surface area contributed by atoms with Crippen molar-refractivity contribution in [2.75, 3.05) is 26.2 Å². The highest BCUT2D eigenvalue weighted by atomic mass is 16.4. The highest BCUT2D eigenvalue weighted by Gasteiger charge is 2.46. The Morgan fingerprint density at radius 1 is 1.37 bits per heavy atom. The molecule has 0 aromatic carbocycles. The third-order valence-corrected chi connectivity index (χ3v) is 4.30. The van der Waals surface area contributed by atoms with E-state index in [2.05, 4.69) is 19.2 Å². The van der Waals surface area contributed by atoms with Crippen molar-refractivity contribution >= 4 is 11.9 Å². The fraction of sp³-hybridized carbons (Fsp3) is 0.857. The molecule has 1 saturated heterocycles. The van der Waals surface area contributed by atoms with Crippen molar-refractivity contribution in [1.82, 2.24) is 10.2 Å². The summed E-state index contributed by atoms with van der Waals surface area (Å²) in [5, 5.41) is 12.3. The van der Waals surface area contributed by atoms with E-state index in [1.54, 1.807) is 11.8 Å². The van der Waals surface area contributed by atoms with Gasteiger partial charge >= 0.3 is 5.97 Å². The average molecular weight is 270 g/mol. The largest absolute Gasteiger partial charge is 0.481 e. The number of carboxylic acids is 1. The van der Waals surface area contributed by atoms with E-state index in [9.17, 15) is 9.59 Å². The summed E-state index contributed by atoms with van der Waals surface area (Å²) < 4.78 is 0. The summed E-state index contributed by atoms with van der Waals surface area (Å²) in [6.07, 6.45) is 0.835. The Morgan fingerprint density at radius 3 is 2.37 bits per heavy atom. The molecule has 0 saturated carbocycles. The lowest BCUT2D eigenvalue weighted by Gasteiger charge is -2.37. The second-order valence-electron chi connectivity index (χ2n) is 5.82. The van der Waals surface area contributed by atoms with E-state index in [0.717, 1.165) is 13.0 Å². The summed E-state index contributed by atoms with van der Waals surface area (Å²) in [5.41, 5.74) is -0.367. The molecular weight excluding hydrogens is 244 g/mol. The smallest absolute Gasteiger partial charge is 0.308 e. The van der Waals surface area contributed by atoms with Gasteiger partial charge in [0.2, 0.25) is 5.91 Å². The first-order valence-corrected chi connectivity index (χ1v) is 7.08. The van der Waals surface area contributed by atoms with E-state index in [0.29, 0.717) is 19.6 Å². The van der Waals surface area contributed by atoms with Crippen LogP contribution in [0.3, 0.4) is 0 Å². The summed E-state index contributed by atoms with van der Waals surface area (Å²) >= 11 is 0. The summed E-state index contributed by atoms with van der Waals surface area (Å²) in [7, 11) is 0. The van der Waals surface area contributed by atoms with Crippen LogP contribution < -0.4 is 5.32 Å². The summed E-state index contributed by atoms with van der Waals surface area (Å²) in [6.45, 7) is 10.1. The normalized spacial score (nSPS) is 24.5. The SMILES string of the molecule is CCN(CC(C)C(=O)O)C(=O)C1(C(C)C)CCNC1. The van der Waals surface area contributed by atoms with Gasteiger partial charge in [-0.15, -0.1) is 0 Å². The Hall–Kier alpha value is -1.10. The average Bonchev–Trinajstić information content (AvgIpc) is 2.85. The van der Waals surface area contributed by atoms with Crippen LogP contribution in [0, 0.1) is 17.3 Å². The molecule has 1 fully saturated rings. The molecule has 1 aliphatic rings. The quantitative estimate of drug-likeness (QED) is 0.760. The number of hydrogen-bond acceptors (Lipinski definition) is 3. The lowest BCUT2D eigenvalue weighted by molar-refractivity contribution is -0.147. The molecule has 5 nitrogen and oxygen atoms in total.